The second-order valence-corrected chi connectivity index (χ2v) is 3.17. The van der Waals surface area contributed by atoms with Gasteiger partial charge in [0, 0.05) is 12.2 Å². The molecule has 0 saturated carbocycles. The standard InChI is InChI=1S/C11H18N2O2/c12-6-1-7-13-10-2-4-11(5-3-10)15-9-8-14/h2-5,13-14H,1,6-9,12H2. The Morgan fingerprint density at radius 1 is 1.27 bits per heavy atom. The number of hydrogen-bond donors (Lipinski definition) is 3. The molecule has 0 fully saturated rings. The van der Waals surface area contributed by atoms with E-state index in [-0.39, 0.29) is 6.61 Å². The monoisotopic (exact) mass is 210 g/mol. The van der Waals surface area contributed by atoms with Gasteiger partial charge in [-0.25, -0.2) is 0 Å². The molecule has 0 atom stereocenters. The summed E-state index contributed by atoms with van der Waals surface area (Å²) in [4.78, 5) is 0. The maximum absolute atomic E-state index is 8.58. The van der Waals surface area contributed by atoms with Crippen LogP contribution in [0.25, 0.3) is 0 Å². The predicted octanol–water partition coefficient (Wildman–Crippen LogP) is 0.818. The number of aliphatic hydroxyl groups excluding tert-OH is 1. The minimum absolute atomic E-state index is 0.0382. The molecule has 0 aliphatic carbocycles. The van der Waals surface area contributed by atoms with Crippen LogP contribution in [0.4, 0.5) is 5.69 Å². The molecule has 4 heteroatoms. The summed E-state index contributed by atoms with van der Waals surface area (Å²) in [6.07, 6.45) is 0.961. The SMILES string of the molecule is NCCCNc1ccc(OCCO)cc1. The normalized spacial score (nSPS) is 10.0. The number of nitrogens with two attached hydrogens (primary N) is 1. The molecule has 0 aliphatic rings. The lowest BCUT2D eigenvalue weighted by Crippen LogP contribution is -2.08. The second kappa shape index (κ2) is 7.09. The third-order valence-corrected chi connectivity index (χ3v) is 1.92. The molecule has 0 saturated heterocycles. The summed E-state index contributed by atoms with van der Waals surface area (Å²) in [5.74, 6) is 0.772. The van der Waals surface area contributed by atoms with Gasteiger partial charge in [0.2, 0.25) is 0 Å². The van der Waals surface area contributed by atoms with E-state index in [9.17, 15) is 0 Å². The van der Waals surface area contributed by atoms with Crippen LogP contribution in [0.2, 0.25) is 0 Å². The van der Waals surface area contributed by atoms with Crippen molar-refractivity contribution in [2.45, 2.75) is 6.42 Å². The lowest BCUT2D eigenvalue weighted by atomic mass is 10.3. The minimum Gasteiger partial charge on any atom is -0.491 e. The van der Waals surface area contributed by atoms with Crippen LogP contribution in [0, 0.1) is 0 Å². The van der Waals surface area contributed by atoms with Gasteiger partial charge in [-0.15, -0.1) is 0 Å². The van der Waals surface area contributed by atoms with Crippen molar-refractivity contribution in [2.75, 3.05) is 31.6 Å². The van der Waals surface area contributed by atoms with Crippen molar-refractivity contribution in [3.8, 4) is 5.75 Å². The van der Waals surface area contributed by atoms with Crippen molar-refractivity contribution in [1.29, 1.82) is 0 Å². The third-order valence-electron chi connectivity index (χ3n) is 1.92. The quantitative estimate of drug-likeness (QED) is 0.583. The lowest BCUT2D eigenvalue weighted by Gasteiger charge is -2.07. The molecule has 1 aromatic carbocycles. The highest BCUT2D eigenvalue weighted by atomic mass is 16.5. The maximum atomic E-state index is 8.58. The summed E-state index contributed by atoms with van der Waals surface area (Å²) in [5.41, 5.74) is 6.44. The van der Waals surface area contributed by atoms with Crippen LogP contribution < -0.4 is 15.8 Å². The highest BCUT2D eigenvalue weighted by molar-refractivity contribution is 5.46. The largest absolute Gasteiger partial charge is 0.491 e. The van der Waals surface area contributed by atoms with Gasteiger partial charge in [-0.1, -0.05) is 0 Å². The number of hydrogen-bond acceptors (Lipinski definition) is 4. The first-order valence-corrected chi connectivity index (χ1v) is 5.14. The van der Waals surface area contributed by atoms with Gasteiger partial charge in [0.1, 0.15) is 12.4 Å². The number of ether oxygens (including phenoxy) is 1. The Bertz CT molecular complexity index is 262. The predicted molar refractivity (Wildman–Crippen MR) is 61.2 cm³/mol. The molecule has 15 heavy (non-hydrogen) atoms. The van der Waals surface area contributed by atoms with Crippen LogP contribution in [0.5, 0.6) is 5.75 Å². The molecular weight excluding hydrogens is 192 g/mol. The summed E-state index contributed by atoms with van der Waals surface area (Å²) in [7, 11) is 0. The first-order valence-electron chi connectivity index (χ1n) is 5.14. The summed E-state index contributed by atoms with van der Waals surface area (Å²) in [6.45, 7) is 1.95. The van der Waals surface area contributed by atoms with E-state index in [0.717, 1.165) is 24.4 Å². The van der Waals surface area contributed by atoms with Crippen molar-refractivity contribution in [1.82, 2.24) is 0 Å². The zero-order chi connectivity index (χ0) is 10.9. The fourth-order valence-electron chi connectivity index (χ4n) is 1.17. The Kier molecular flexibility index (Phi) is 5.58. The summed E-state index contributed by atoms with van der Waals surface area (Å²) in [6, 6.07) is 7.65. The van der Waals surface area contributed by atoms with Gasteiger partial charge in [0.25, 0.3) is 0 Å². The van der Waals surface area contributed by atoms with Crippen molar-refractivity contribution >= 4 is 5.69 Å². The minimum atomic E-state index is 0.0382. The number of nitrogens with one attached hydrogen (secondary N) is 1. The lowest BCUT2D eigenvalue weighted by molar-refractivity contribution is 0.201. The van der Waals surface area contributed by atoms with Crippen LogP contribution in [0.3, 0.4) is 0 Å². The highest BCUT2D eigenvalue weighted by Gasteiger charge is 1.94. The topological polar surface area (TPSA) is 67.5 Å². The molecule has 1 rings (SSSR count). The van der Waals surface area contributed by atoms with Crippen molar-refractivity contribution in [3.63, 3.8) is 0 Å². The molecule has 0 spiro atoms. The molecule has 4 N–H and O–H groups in total. The number of benzene rings is 1. The summed E-state index contributed by atoms with van der Waals surface area (Å²) >= 11 is 0. The summed E-state index contributed by atoms with van der Waals surface area (Å²) in [5, 5.41) is 11.8. The Morgan fingerprint density at radius 3 is 2.60 bits per heavy atom. The molecule has 0 aliphatic heterocycles. The van der Waals surface area contributed by atoms with E-state index in [1.54, 1.807) is 0 Å². The molecule has 84 valence electrons. The Balaban J connectivity index is 2.35. The maximum Gasteiger partial charge on any atom is 0.119 e. The zero-order valence-corrected chi connectivity index (χ0v) is 8.78. The van der Waals surface area contributed by atoms with Crippen LogP contribution >= 0.6 is 0 Å². The van der Waals surface area contributed by atoms with Crippen LogP contribution in [0.1, 0.15) is 6.42 Å². The fraction of sp³-hybridized carbons (Fsp3) is 0.455. The van der Waals surface area contributed by atoms with Gasteiger partial charge >= 0.3 is 0 Å². The molecule has 0 aromatic heterocycles. The van der Waals surface area contributed by atoms with E-state index in [0.29, 0.717) is 13.2 Å². The molecule has 0 bridgehead atoms. The highest BCUT2D eigenvalue weighted by Crippen LogP contribution is 2.15. The van der Waals surface area contributed by atoms with Gasteiger partial charge in [-0.2, -0.15) is 0 Å². The molecule has 1 aromatic rings. The molecule has 0 amide bonds. The van der Waals surface area contributed by atoms with Crippen molar-refractivity contribution in [3.05, 3.63) is 24.3 Å². The Hall–Kier alpha value is -1.26. The van der Waals surface area contributed by atoms with Crippen molar-refractivity contribution < 1.29 is 9.84 Å². The van der Waals surface area contributed by atoms with Crippen molar-refractivity contribution in [2.24, 2.45) is 5.73 Å². The van der Waals surface area contributed by atoms with Gasteiger partial charge in [0.05, 0.1) is 6.61 Å². The van der Waals surface area contributed by atoms with Crippen LogP contribution in [-0.4, -0.2) is 31.4 Å². The van der Waals surface area contributed by atoms with E-state index in [4.69, 9.17) is 15.6 Å². The van der Waals surface area contributed by atoms with E-state index < -0.39 is 0 Å². The third kappa shape index (κ3) is 4.67. The van der Waals surface area contributed by atoms with Gasteiger partial charge in [0.15, 0.2) is 0 Å². The number of aliphatic hydroxyl groups is 1. The molecule has 0 heterocycles. The molecule has 0 unspecified atom stereocenters. The molecule has 0 radical (unpaired) electrons. The Labute approximate surface area is 90.1 Å². The average molecular weight is 210 g/mol. The summed E-state index contributed by atoms with van der Waals surface area (Å²) < 4.78 is 5.24. The molecular formula is C11H18N2O2. The first-order chi connectivity index (χ1) is 7.36. The second-order valence-electron chi connectivity index (χ2n) is 3.17. The van der Waals surface area contributed by atoms with E-state index in [2.05, 4.69) is 5.32 Å². The van der Waals surface area contributed by atoms with Gasteiger partial charge in [-0.3, -0.25) is 0 Å². The number of anilines is 1. The van der Waals surface area contributed by atoms with E-state index in [1.165, 1.54) is 0 Å². The van der Waals surface area contributed by atoms with Crippen LogP contribution in [0.15, 0.2) is 24.3 Å². The zero-order valence-electron chi connectivity index (χ0n) is 8.78. The van der Waals surface area contributed by atoms with Crippen LogP contribution in [-0.2, 0) is 0 Å². The van der Waals surface area contributed by atoms with Gasteiger partial charge < -0.3 is 20.9 Å². The fourth-order valence-corrected chi connectivity index (χ4v) is 1.17. The Morgan fingerprint density at radius 2 is 2.00 bits per heavy atom. The van der Waals surface area contributed by atoms with E-state index in [1.807, 2.05) is 24.3 Å². The number of rotatable bonds is 7. The molecule has 4 nitrogen and oxygen atoms in total. The average Bonchev–Trinajstić information content (AvgIpc) is 2.28. The first kappa shape index (κ1) is 11.8. The van der Waals surface area contributed by atoms with Gasteiger partial charge in [-0.05, 0) is 37.2 Å². The smallest absolute Gasteiger partial charge is 0.119 e. The van der Waals surface area contributed by atoms with E-state index >= 15 is 0 Å².